The van der Waals surface area contributed by atoms with Gasteiger partial charge in [0, 0.05) is 26.2 Å². The number of likely N-dealkylation sites (N-methyl/N-ethyl adjacent to an activating group) is 1. The number of amides is 1. The molecule has 1 heterocycles. The predicted molar refractivity (Wildman–Crippen MR) is 73.7 cm³/mol. The summed E-state index contributed by atoms with van der Waals surface area (Å²) >= 11 is 0. The van der Waals surface area contributed by atoms with Crippen molar-refractivity contribution in [3.8, 4) is 0 Å². The van der Waals surface area contributed by atoms with E-state index >= 15 is 0 Å². The van der Waals surface area contributed by atoms with Crippen molar-refractivity contribution in [2.24, 2.45) is 5.92 Å². The Kier molecular flexibility index (Phi) is 4.65. The third-order valence-corrected chi connectivity index (χ3v) is 3.51. The van der Waals surface area contributed by atoms with Gasteiger partial charge in [-0.25, -0.2) is 4.79 Å². The van der Waals surface area contributed by atoms with Crippen LogP contribution in [0.5, 0.6) is 0 Å². The Morgan fingerprint density at radius 3 is 2.28 bits per heavy atom. The molecule has 2 unspecified atom stereocenters. The second kappa shape index (κ2) is 5.47. The number of likely N-dealkylation sites (tertiary alicyclic amines) is 1. The minimum absolute atomic E-state index is 0.218. The summed E-state index contributed by atoms with van der Waals surface area (Å²) in [5.41, 5.74) is -0.426. The second-order valence-corrected chi connectivity index (χ2v) is 6.68. The first-order chi connectivity index (χ1) is 8.11. The van der Waals surface area contributed by atoms with Crippen LogP contribution < -0.4 is 0 Å². The lowest BCUT2D eigenvalue weighted by Crippen LogP contribution is -2.44. The topological polar surface area (TPSA) is 32.8 Å². The summed E-state index contributed by atoms with van der Waals surface area (Å²) in [7, 11) is 1.85. The van der Waals surface area contributed by atoms with Gasteiger partial charge in [-0.05, 0) is 40.5 Å². The van der Waals surface area contributed by atoms with Gasteiger partial charge in [-0.2, -0.15) is 0 Å². The number of carbonyl (C=O) groups excluding carboxylic acids is 1. The summed E-state index contributed by atoms with van der Waals surface area (Å²) < 4.78 is 5.42. The average molecular weight is 256 g/mol. The molecule has 106 valence electrons. The van der Waals surface area contributed by atoms with Gasteiger partial charge >= 0.3 is 6.09 Å². The zero-order valence-electron chi connectivity index (χ0n) is 12.9. The van der Waals surface area contributed by atoms with Crippen molar-refractivity contribution >= 4 is 6.09 Å². The van der Waals surface area contributed by atoms with Crippen molar-refractivity contribution < 1.29 is 9.53 Å². The maximum absolute atomic E-state index is 12.1. The van der Waals surface area contributed by atoms with E-state index in [1.165, 1.54) is 0 Å². The van der Waals surface area contributed by atoms with Crippen LogP contribution in [0.15, 0.2) is 0 Å². The normalized spacial score (nSPS) is 25.6. The van der Waals surface area contributed by atoms with Gasteiger partial charge in [0.15, 0.2) is 0 Å². The zero-order valence-corrected chi connectivity index (χ0v) is 12.9. The molecule has 1 amide bonds. The first-order valence-electron chi connectivity index (χ1n) is 6.81. The summed E-state index contributed by atoms with van der Waals surface area (Å²) in [5, 5.41) is 0. The lowest BCUT2D eigenvalue weighted by Gasteiger charge is -2.30. The fourth-order valence-corrected chi connectivity index (χ4v) is 2.38. The highest BCUT2D eigenvalue weighted by Gasteiger charge is 2.36. The molecule has 1 saturated heterocycles. The zero-order chi connectivity index (χ0) is 14.1. The second-order valence-electron chi connectivity index (χ2n) is 6.68. The van der Waals surface area contributed by atoms with Gasteiger partial charge in [0.25, 0.3) is 0 Å². The molecular formula is C14H28N2O2. The summed E-state index contributed by atoms with van der Waals surface area (Å²) in [6, 6.07) is 0.784. The Bertz CT molecular complexity index is 297. The fourth-order valence-electron chi connectivity index (χ4n) is 2.38. The molecule has 0 aliphatic carbocycles. The maximum atomic E-state index is 12.1. The minimum Gasteiger partial charge on any atom is -0.444 e. The third kappa shape index (κ3) is 3.87. The fraction of sp³-hybridized carbons (Fsp3) is 0.929. The number of hydrogen-bond acceptors (Lipinski definition) is 3. The van der Waals surface area contributed by atoms with Crippen molar-refractivity contribution in [2.45, 2.75) is 59.2 Å². The lowest BCUT2D eigenvalue weighted by molar-refractivity contribution is 0.0200. The van der Waals surface area contributed by atoms with E-state index < -0.39 is 5.60 Å². The number of nitrogens with zero attached hydrogens (tertiary/aromatic N) is 2. The number of rotatable bonds is 2. The monoisotopic (exact) mass is 256 g/mol. The standard InChI is InChI=1S/C14H28N2O2/c1-10(2)16-8-11(3)12(9-16)15(7)13(17)18-14(4,5)6/h10-12H,8-9H2,1-7H3. The molecule has 1 fully saturated rings. The van der Waals surface area contributed by atoms with Crippen molar-refractivity contribution in [1.29, 1.82) is 0 Å². The van der Waals surface area contributed by atoms with Crippen molar-refractivity contribution in [1.82, 2.24) is 9.80 Å². The Balaban J connectivity index is 2.62. The van der Waals surface area contributed by atoms with Crippen molar-refractivity contribution in [2.75, 3.05) is 20.1 Å². The quantitative estimate of drug-likeness (QED) is 0.761. The van der Waals surface area contributed by atoms with E-state index in [2.05, 4.69) is 25.7 Å². The van der Waals surface area contributed by atoms with Gasteiger partial charge in [0.1, 0.15) is 5.60 Å². The SMILES string of the molecule is CC1CN(C(C)C)CC1N(C)C(=O)OC(C)(C)C. The largest absolute Gasteiger partial charge is 0.444 e. The molecule has 0 aromatic rings. The molecule has 0 aromatic heterocycles. The Morgan fingerprint density at radius 1 is 1.33 bits per heavy atom. The van der Waals surface area contributed by atoms with Crippen LogP contribution in [-0.4, -0.2) is 53.7 Å². The molecule has 0 radical (unpaired) electrons. The Morgan fingerprint density at radius 2 is 1.89 bits per heavy atom. The predicted octanol–water partition coefficient (Wildman–Crippen LogP) is 2.58. The highest BCUT2D eigenvalue weighted by Crippen LogP contribution is 2.24. The van der Waals surface area contributed by atoms with Gasteiger partial charge in [0.05, 0.1) is 6.04 Å². The molecule has 4 nitrogen and oxygen atoms in total. The van der Waals surface area contributed by atoms with Crippen LogP contribution in [0, 0.1) is 5.92 Å². The smallest absolute Gasteiger partial charge is 0.410 e. The van der Waals surface area contributed by atoms with Crippen LogP contribution in [0.3, 0.4) is 0 Å². The third-order valence-electron chi connectivity index (χ3n) is 3.51. The first-order valence-corrected chi connectivity index (χ1v) is 6.81. The van der Waals surface area contributed by atoms with E-state index in [9.17, 15) is 4.79 Å². The van der Waals surface area contributed by atoms with E-state index in [0.717, 1.165) is 13.1 Å². The number of ether oxygens (including phenoxy) is 1. The molecule has 0 saturated carbocycles. The summed E-state index contributed by atoms with van der Waals surface area (Å²) in [6.07, 6.45) is -0.218. The molecular weight excluding hydrogens is 228 g/mol. The summed E-state index contributed by atoms with van der Waals surface area (Å²) in [4.78, 5) is 16.2. The first kappa shape index (κ1) is 15.3. The van der Waals surface area contributed by atoms with Gasteiger partial charge in [-0.3, -0.25) is 4.90 Å². The van der Waals surface area contributed by atoms with E-state index in [1.807, 2.05) is 27.8 Å². The van der Waals surface area contributed by atoms with Crippen LogP contribution in [-0.2, 0) is 4.74 Å². The highest BCUT2D eigenvalue weighted by atomic mass is 16.6. The summed E-state index contributed by atoms with van der Waals surface area (Å²) in [5.74, 6) is 0.491. The molecule has 18 heavy (non-hydrogen) atoms. The van der Waals surface area contributed by atoms with Crippen LogP contribution in [0.4, 0.5) is 4.79 Å². The molecule has 1 aliphatic heterocycles. The van der Waals surface area contributed by atoms with Gasteiger partial charge in [0.2, 0.25) is 0 Å². The lowest BCUT2D eigenvalue weighted by atomic mass is 10.1. The molecule has 0 bridgehead atoms. The van der Waals surface area contributed by atoms with E-state index in [-0.39, 0.29) is 12.1 Å². The number of carbonyl (C=O) groups is 1. The minimum atomic E-state index is -0.426. The van der Waals surface area contributed by atoms with Crippen molar-refractivity contribution in [3.63, 3.8) is 0 Å². The van der Waals surface area contributed by atoms with Crippen LogP contribution >= 0.6 is 0 Å². The maximum Gasteiger partial charge on any atom is 0.410 e. The summed E-state index contributed by atoms with van der Waals surface area (Å²) in [6.45, 7) is 14.3. The van der Waals surface area contributed by atoms with Crippen molar-refractivity contribution in [3.05, 3.63) is 0 Å². The van der Waals surface area contributed by atoms with Gasteiger partial charge in [-0.1, -0.05) is 6.92 Å². The molecule has 0 aromatic carbocycles. The molecule has 0 spiro atoms. The molecule has 2 atom stereocenters. The van der Waals surface area contributed by atoms with Crippen LogP contribution in [0.2, 0.25) is 0 Å². The van der Waals surface area contributed by atoms with Crippen LogP contribution in [0.1, 0.15) is 41.5 Å². The Hall–Kier alpha value is -0.770. The average Bonchev–Trinajstić information content (AvgIpc) is 2.56. The molecule has 0 N–H and O–H groups in total. The van der Waals surface area contributed by atoms with Gasteiger partial charge < -0.3 is 9.64 Å². The van der Waals surface area contributed by atoms with Crippen LogP contribution in [0.25, 0.3) is 0 Å². The number of hydrogen-bond donors (Lipinski definition) is 0. The van der Waals surface area contributed by atoms with E-state index in [1.54, 1.807) is 4.90 Å². The highest BCUT2D eigenvalue weighted by molar-refractivity contribution is 5.68. The molecule has 4 heteroatoms. The molecule has 1 aliphatic rings. The van der Waals surface area contributed by atoms with E-state index in [4.69, 9.17) is 4.74 Å². The molecule has 1 rings (SSSR count). The van der Waals surface area contributed by atoms with E-state index in [0.29, 0.717) is 12.0 Å². The van der Waals surface area contributed by atoms with Gasteiger partial charge in [-0.15, -0.1) is 0 Å². The Labute approximate surface area is 111 Å².